The Hall–Kier alpha value is -2.11. The van der Waals surface area contributed by atoms with E-state index in [9.17, 15) is 4.79 Å². The number of nitrogens with two attached hydrogens (primary N) is 1. The Labute approximate surface area is 86.1 Å². The number of hydrogen-bond donors (Lipinski definition) is 2. The number of nitrogens with one attached hydrogen (secondary N) is 1. The van der Waals surface area contributed by atoms with Crippen molar-refractivity contribution in [2.24, 2.45) is 7.05 Å². The van der Waals surface area contributed by atoms with Crippen LogP contribution in [-0.2, 0) is 7.05 Å². The van der Waals surface area contributed by atoms with E-state index in [1.807, 2.05) is 0 Å². The average molecular weight is 205 g/mol. The number of aromatic nitrogens is 3. The molecule has 3 N–H and O–H groups in total. The summed E-state index contributed by atoms with van der Waals surface area (Å²) in [5.74, 6) is 0.191. The molecule has 0 unspecified atom stereocenters. The topological polar surface area (TPSA) is 85.8 Å². The third-order valence-corrected chi connectivity index (χ3v) is 2.26. The number of nitrogens with zero attached hydrogens (tertiary/aromatic N) is 3. The molecule has 1 amide bonds. The molecule has 0 saturated carbocycles. The van der Waals surface area contributed by atoms with Crippen molar-refractivity contribution in [2.45, 2.75) is 0 Å². The van der Waals surface area contributed by atoms with E-state index >= 15 is 0 Å². The van der Waals surface area contributed by atoms with Gasteiger partial charge < -0.3 is 15.6 Å². The molecule has 2 aromatic rings. The van der Waals surface area contributed by atoms with Crippen LogP contribution in [0.25, 0.3) is 10.9 Å². The van der Waals surface area contributed by atoms with Gasteiger partial charge in [0.25, 0.3) is 5.91 Å². The molecular formula is C9H11N5O. The molecule has 2 aromatic heterocycles. The van der Waals surface area contributed by atoms with Crippen molar-refractivity contribution in [3.05, 3.63) is 18.2 Å². The van der Waals surface area contributed by atoms with Crippen LogP contribution in [0.2, 0.25) is 0 Å². The van der Waals surface area contributed by atoms with Crippen LogP contribution in [0, 0.1) is 0 Å². The summed E-state index contributed by atoms with van der Waals surface area (Å²) in [5, 5.41) is 3.25. The predicted molar refractivity (Wildman–Crippen MR) is 56.3 cm³/mol. The third kappa shape index (κ3) is 1.30. The monoisotopic (exact) mass is 205 g/mol. The van der Waals surface area contributed by atoms with Gasteiger partial charge in [0.1, 0.15) is 23.4 Å². The Kier molecular flexibility index (Phi) is 2.03. The highest BCUT2D eigenvalue weighted by atomic mass is 16.1. The zero-order chi connectivity index (χ0) is 11.0. The van der Waals surface area contributed by atoms with Crippen LogP contribution in [0.3, 0.4) is 0 Å². The van der Waals surface area contributed by atoms with Gasteiger partial charge in [-0.1, -0.05) is 0 Å². The molecule has 2 rings (SSSR count). The number of carbonyl (C=O) groups is 1. The smallest absolute Gasteiger partial charge is 0.269 e. The Morgan fingerprint density at radius 1 is 1.53 bits per heavy atom. The number of carbonyl (C=O) groups excluding carboxylic acids is 1. The number of amides is 1. The molecule has 0 bridgehead atoms. The van der Waals surface area contributed by atoms with Crippen LogP contribution in [0.4, 0.5) is 5.82 Å². The highest BCUT2D eigenvalue weighted by Crippen LogP contribution is 2.21. The van der Waals surface area contributed by atoms with Crippen molar-refractivity contribution in [1.29, 1.82) is 0 Å². The molecule has 0 atom stereocenters. The zero-order valence-electron chi connectivity index (χ0n) is 8.48. The maximum absolute atomic E-state index is 11.6. The second-order valence-corrected chi connectivity index (χ2v) is 3.19. The molecule has 0 spiro atoms. The summed E-state index contributed by atoms with van der Waals surface area (Å²) >= 11 is 0. The van der Waals surface area contributed by atoms with E-state index in [1.54, 1.807) is 24.9 Å². The minimum Gasteiger partial charge on any atom is -0.383 e. The first-order valence-electron chi connectivity index (χ1n) is 4.42. The quantitative estimate of drug-likeness (QED) is 0.681. The number of rotatable bonds is 1. The number of anilines is 1. The molecular weight excluding hydrogens is 194 g/mol. The van der Waals surface area contributed by atoms with E-state index in [0.29, 0.717) is 22.4 Å². The van der Waals surface area contributed by atoms with Crippen LogP contribution >= 0.6 is 0 Å². The lowest BCUT2D eigenvalue weighted by Gasteiger charge is -2.00. The molecule has 0 aliphatic rings. The maximum Gasteiger partial charge on any atom is 0.269 e. The highest BCUT2D eigenvalue weighted by molar-refractivity contribution is 6.06. The summed E-state index contributed by atoms with van der Waals surface area (Å²) in [6.07, 6.45) is 3.10. The van der Waals surface area contributed by atoms with Gasteiger partial charge in [0.2, 0.25) is 0 Å². The summed E-state index contributed by atoms with van der Waals surface area (Å²) in [6, 6.07) is 0. The van der Waals surface area contributed by atoms with Crippen LogP contribution in [0.5, 0.6) is 0 Å². The van der Waals surface area contributed by atoms with E-state index in [0.717, 1.165) is 0 Å². The second-order valence-electron chi connectivity index (χ2n) is 3.19. The number of aryl methyl sites for hydroxylation is 1. The van der Waals surface area contributed by atoms with Crippen molar-refractivity contribution < 1.29 is 4.79 Å². The van der Waals surface area contributed by atoms with Crippen LogP contribution in [-0.4, -0.2) is 27.5 Å². The molecule has 78 valence electrons. The van der Waals surface area contributed by atoms with Crippen molar-refractivity contribution in [1.82, 2.24) is 19.9 Å². The molecule has 0 aliphatic carbocycles. The minimum absolute atomic E-state index is 0.189. The van der Waals surface area contributed by atoms with E-state index in [2.05, 4.69) is 15.3 Å². The molecule has 0 radical (unpaired) electrons. The number of hydrogen-bond acceptors (Lipinski definition) is 4. The lowest BCUT2D eigenvalue weighted by Crippen LogP contribution is -2.21. The van der Waals surface area contributed by atoms with Crippen LogP contribution in [0.15, 0.2) is 12.5 Å². The Morgan fingerprint density at radius 2 is 2.27 bits per heavy atom. The zero-order valence-corrected chi connectivity index (χ0v) is 8.48. The first kappa shape index (κ1) is 9.45. The van der Waals surface area contributed by atoms with Crippen LogP contribution in [0.1, 0.15) is 10.5 Å². The van der Waals surface area contributed by atoms with E-state index in [1.165, 1.54) is 6.33 Å². The molecule has 0 fully saturated rings. The van der Waals surface area contributed by atoms with Crippen LogP contribution < -0.4 is 11.1 Å². The first-order valence-corrected chi connectivity index (χ1v) is 4.42. The minimum atomic E-state index is -0.189. The molecule has 6 heteroatoms. The lowest BCUT2D eigenvalue weighted by molar-refractivity contribution is 0.0956. The second kappa shape index (κ2) is 3.23. The SMILES string of the molecule is CNC(=O)c1c2ncnc(N)c2cn1C. The van der Waals surface area contributed by atoms with Crippen molar-refractivity contribution >= 4 is 22.6 Å². The fourth-order valence-electron chi connectivity index (χ4n) is 1.54. The normalized spacial score (nSPS) is 10.5. The molecule has 2 heterocycles. The van der Waals surface area contributed by atoms with Crippen molar-refractivity contribution in [3.63, 3.8) is 0 Å². The summed E-state index contributed by atoms with van der Waals surface area (Å²) in [4.78, 5) is 19.5. The summed E-state index contributed by atoms with van der Waals surface area (Å²) in [6.45, 7) is 0. The lowest BCUT2D eigenvalue weighted by atomic mass is 10.3. The fourth-order valence-corrected chi connectivity index (χ4v) is 1.54. The van der Waals surface area contributed by atoms with Gasteiger partial charge in [-0.15, -0.1) is 0 Å². The van der Waals surface area contributed by atoms with Crippen molar-refractivity contribution in [2.75, 3.05) is 12.8 Å². The molecule has 6 nitrogen and oxygen atoms in total. The highest BCUT2D eigenvalue weighted by Gasteiger charge is 2.16. The van der Waals surface area contributed by atoms with Gasteiger partial charge in [-0.2, -0.15) is 0 Å². The molecule has 0 saturated heterocycles. The summed E-state index contributed by atoms with van der Waals surface area (Å²) in [7, 11) is 3.34. The Morgan fingerprint density at radius 3 is 2.93 bits per heavy atom. The Balaban J connectivity index is 2.79. The fraction of sp³-hybridized carbons (Fsp3) is 0.222. The summed E-state index contributed by atoms with van der Waals surface area (Å²) < 4.78 is 1.69. The van der Waals surface area contributed by atoms with Gasteiger partial charge in [-0.05, 0) is 0 Å². The molecule has 15 heavy (non-hydrogen) atoms. The largest absolute Gasteiger partial charge is 0.383 e. The average Bonchev–Trinajstić information content (AvgIpc) is 2.55. The molecule has 0 aliphatic heterocycles. The van der Waals surface area contributed by atoms with Gasteiger partial charge in [-0.25, -0.2) is 9.97 Å². The van der Waals surface area contributed by atoms with Gasteiger partial charge in [0.05, 0.1) is 5.39 Å². The first-order chi connectivity index (χ1) is 7.15. The molecule has 0 aromatic carbocycles. The van der Waals surface area contributed by atoms with Gasteiger partial charge in [-0.3, -0.25) is 4.79 Å². The summed E-state index contributed by atoms with van der Waals surface area (Å²) in [5.41, 5.74) is 6.74. The van der Waals surface area contributed by atoms with E-state index in [-0.39, 0.29) is 5.91 Å². The van der Waals surface area contributed by atoms with Gasteiger partial charge in [0, 0.05) is 20.3 Å². The maximum atomic E-state index is 11.6. The van der Waals surface area contributed by atoms with Gasteiger partial charge in [0.15, 0.2) is 0 Å². The van der Waals surface area contributed by atoms with E-state index < -0.39 is 0 Å². The number of fused-ring (bicyclic) bond motifs is 1. The Bertz CT molecular complexity index is 531. The van der Waals surface area contributed by atoms with Crippen molar-refractivity contribution in [3.8, 4) is 0 Å². The van der Waals surface area contributed by atoms with Gasteiger partial charge >= 0.3 is 0 Å². The standard InChI is InChI=1S/C9H11N5O/c1-11-9(15)7-6-5(3-14(7)2)8(10)13-4-12-6/h3-4H,1-2H3,(H,11,15)(H2,10,12,13). The third-order valence-electron chi connectivity index (χ3n) is 2.26. The predicted octanol–water partition coefficient (Wildman–Crippen LogP) is -0.0899. The number of nitrogen functional groups attached to an aromatic ring is 1. The van der Waals surface area contributed by atoms with E-state index in [4.69, 9.17) is 5.73 Å².